The number of urea groups is 1. The van der Waals surface area contributed by atoms with Crippen LogP contribution in [-0.4, -0.2) is 89.5 Å². The van der Waals surface area contributed by atoms with Gasteiger partial charge in [0.1, 0.15) is 23.1 Å². The van der Waals surface area contributed by atoms with E-state index in [1.807, 2.05) is 45.0 Å². The number of morpholine rings is 1. The number of nitrogens with two attached hydrogens (primary N) is 1. The van der Waals surface area contributed by atoms with E-state index in [1.165, 1.54) is 19.1 Å². The van der Waals surface area contributed by atoms with E-state index in [9.17, 15) is 22.8 Å². The summed E-state index contributed by atoms with van der Waals surface area (Å²) in [7, 11) is -0.891. The number of hydrogen-bond acceptors (Lipinski definition) is 11. The zero-order valence-corrected chi connectivity index (χ0v) is 34.4. The smallest absolute Gasteiger partial charge is 0.324 e. The Bertz CT molecular complexity index is 2500. The van der Waals surface area contributed by atoms with Crippen LogP contribution in [0.25, 0.3) is 10.8 Å². The largest absolute Gasteiger partial charge is 0.496 e. The molecule has 17 heteroatoms. The van der Waals surface area contributed by atoms with Gasteiger partial charge in [-0.3, -0.25) is 19.2 Å². The fraction of sp³-hybridized carbons (Fsp3) is 0.286. The minimum absolute atomic E-state index is 0.106. The lowest BCUT2D eigenvalue weighted by atomic mass is 9.86. The molecule has 0 radical (unpaired) electrons. The summed E-state index contributed by atoms with van der Waals surface area (Å²) in [6.07, 6.45) is 2.61. The zero-order valence-electron chi connectivity index (χ0n) is 33.6. The molecule has 2 heterocycles. The molecule has 0 aliphatic carbocycles. The number of sulfonamides is 1. The summed E-state index contributed by atoms with van der Waals surface area (Å²) in [4.78, 5) is 46.3. The highest BCUT2D eigenvalue weighted by Gasteiger charge is 2.28. The number of ether oxygens (including phenoxy) is 4. The third-order valence-electron chi connectivity index (χ3n) is 9.44. The molecule has 59 heavy (non-hydrogen) atoms. The number of methoxy groups -OCH3 is 2. The normalized spacial score (nSPS) is 13.0. The molecule has 1 aliphatic heterocycles. The van der Waals surface area contributed by atoms with Crippen molar-refractivity contribution in [1.29, 1.82) is 0 Å². The molecule has 16 nitrogen and oxygen atoms in total. The van der Waals surface area contributed by atoms with Crippen LogP contribution >= 0.6 is 0 Å². The number of aromatic nitrogens is 1. The highest BCUT2D eigenvalue weighted by atomic mass is 32.2. The fourth-order valence-electron chi connectivity index (χ4n) is 6.56. The molecule has 4 aromatic carbocycles. The molecule has 0 spiro atoms. The van der Waals surface area contributed by atoms with E-state index in [1.54, 1.807) is 65.7 Å². The number of carbonyl (C=O) groups is 3. The number of benzene rings is 4. The number of pyridine rings is 1. The number of primary amides is 1. The molecular weight excluding hydrogens is 779 g/mol. The Balaban J connectivity index is 1.26. The lowest BCUT2D eigenvalue weighted by Gasteiger charge is -2.29. The summed E-state index contributed by atoms with van der Waals surface area (Å²) in [5.41, 5.74) is 8.00. The van der Waals surface area contributed by atoms with Gasteiger partial charge in [-0.15, -0.1) is 0 Å². The molecule has 5 N–H and O–H groups in total. The Labute approximate surface area is 342 Å². The maximum Gasteiger partial charge on any atom is 0.324 e. The number of rotatable bonds is 13. The van der Waals surface area contributed by atoms with Gasteiger partial charge in [-0.2, -0.15) is 0 Å². The van der Waals surface area contributed by atoms with Crippen molar-refractivity contribution in [2.24, 2.45) is 5.73 Å². The molecule has 0 saturated carbocycles. The molecule has 1 aromatic heterocycles. The van der Waals surface area contributed by atoms with Crippen LogP contribution in [0.5, 0.6) is 23.0 Å². The Morgan fingerprint density at radius 1 is 0.898 bits per heavy atom. The summed E-state index contributed by atoms with van der Waals surface area (Å²) in [6.45, 7) is 7.65. The van der Waals surface area contributed by atoms with Crippen LogP contribution in [0.3, 0.4) is 0 Å². The lowest BCUT2D eigenvalue weighted by molar-refractivity contribution is -0.134. The van der Waals surface area contributed by atoms with Crippen molar-refractivity contribution in [3.05, 3.63) is 96.2 Å². The summed E-state index contributed by atoms with van der Waals surface area (Å²) in [6, 6.07) is 21.7. The van der Waals surface area contributed by atoms with E-state index in [2.05, 4.69) is 20.3 Å². The van der Waals surface area contributed by atoms with Crippen molar-refractivity contribution in [1.82, 2.24) is 15.2 Å². The van der Waals surface area contributed by atoms with Crippen molar-refractivity contribution in [3.63, 3.8) is 0 Å². The molecule has 5 aromatic rings. The summed E-state index contributed by atoms with van der Waals surface area (Å²) in [5.74, 6) is 1.10. The second-order valence-electron chi connectivity index (χ2n) is 14.7. The number of hydrogen-bond donors (Lipinski definition) is 4. The molecule has 6 rings (SSSR count). The van der Waals surface area contributed by atoms with Crippen LogP contribution in [0, 0.1) is 0 Å². The van der Waals surface area contributed by atoms with E-state index in [-0.39, 0.29) is 35.1 Å². The Morgan fingerprint density at radius 2 is 1.63 bits per heavy atom. The first-order valence-electron chi connectivity index (χ1n) is 18.6. The minimum atomic E-state index is -3.73. The average Bonchev–Trinajstić information content (AvgIpc) is 3.20. The van der Waals surface area contributed by atoms with Crippen molar-refractivity contribution in [3.8, 4) is 23.0 Å². The van der Waals surface area contributed by atoms with Gasteiger partial charge in [0.15, 0.2) is 5.75 Å². The van der Waals surface area contributed by atoms with Gasteiger partial charge in [0.2, 0.25) is 15.9 Å². The predicted molar refractivity (Wildman–Crippen MR) is 226 cm³/mol. The molecule has 4 amide bonds. The van der Waals surface area contributed by atoms with Crippen molar-refractivity contribution in [2.45, 2.75) is 26.2 Å². The topological polar surface area (TPSA) is 204 Å². The van der Waals surface area contributed by atoms with E-state index in [0.29, 0.717) is 71.5 Å². The van der Waals surface area contributed by atoms with E-state index in [0.717, 1.165) is 11.8 Å². The number of nitrogens with one attached hydrogen (secondary N) is 3. The average molecular weight is 826 g/mol. The SMILES string of the molecule is COc1cc(Nc2cc(Oc3ccc(N(C(N)=O)c4cc(C(C)(C)C)cc(NS(C)(=O)=O)c4OC)c4ccccc34)ccn2)ccc1C(=O)NCC(=O)N1CCOCC1. The third kappa shape index (κ3) is 9.93. The Kier molecular flexibility index (Phi) is 12.5. The van der Waals surface area contributed by atoms with Gasteiger partial charge in [-0.1, -0.05) is 45.0 Å². The summed E-state index contributed by atoms with van der Waals surface area (Å²) >= 11 is 0. The van der Waals surface area contributed by atoms with Crippen LogP contribution in [0.2, 0.25) is 0 Å². The molecule has 1 fully saturated rings. The van der Waals surface area contributed by atoms with Gasteiger partial charge in [0.05, 0.1) is 62.9 Å². The van der Waals surface area contributed by atoms with Gasteiger partial charge in [-0.25, -0.2) is 18.2 Å². The van der Waals surface area contributed by atoms with E-state index in [4.69, 9.17) is 24.7 Å². The molecular formula is C42H47N7O9S. The predicted octanol–water partition coefficient (Wildman–Crippen LogP) is 6.26. The number of anilines is 5. The number of nitrogens with zero attached hydrogens (tertiary/aromatic N) is 3. The maximum absolute atomic E-state index is 13.4. The zero-order chi connectivity index (χ0) is 42.5. The monoisotopic (exact) mass is 825 g/mol. The van der Waals surface area contributed by atoms with E-state index >= 15 is 0 Å². The molecule has 310 valence electrons. The second kappa shape index (κ2) is 17.5. The van der Waals surface area contributed by atoms with Gasteiger partial charge < -0.3 is 40.2 Å². The summed E-state index contributed by atoms with van der Waals surface area (Å²) in [5, 5.41) is 7.14. The minimum Gasteiger partial charge on any atom is -0.496 e. The van der Waals surface area contributed by atoms with Crippen LogP contribution in [-0.2, 0) is 25.0 Å². The standard InChI is InChI=1S/C42H47N7O9S/c1-42(2,3)26-21-32(47-59(6,53)54)39(56-5)34(22-26)49(41(43)52)33-13-14-35(30-10-8-7-9-29(30)33)58-28-15-16-44-37(24-28)46-27-11-12-31(36(23-27)55-4)40(51)45-25-38(50)48-17-19-57-20-18-48/h7-16,21-24,47H,17-20,25H2,1-6H3,(H2,43,52)(H,44,46)(H,45,51). The lowest BCUT2D eigenvalue weighted by Crippen LogP contribution is -2.45. The highest BCUT2D eigenvalue weighted by molar-refractivity contribution is 7.92. The van der Waals surface area contributed by atoms with Crippen molar-refractivity contribution in [2.75, 3.05) is 68.3 Å². The van der Waals surface area contributed by atoms with Crippen molar-refractivity contribution < 1.29 is 41.7 Å². The van der Waals surface area contributed by atoms with Crippen LogP contribution in [0.1, 0.15) is 36.7 Å². The van der Waals surface area contributed by atoms with Gasteiger partial charge in [0.25, 0.3) is 5.91 Å². The highest BCUT2D eigenvalue weighted by Crippen LogP contribution is 2.46. The first kappa shape index (κ1) is 42.0. The second-order valence-corrected chi connectivity index (χ2v) is 16.4. The quantitative estimate of drug-likeness (QED) is 0.104. The van der Waals surface area contributed by atoms with Crippen LogP contribution in [0.4, 0.5) is 33.4 Å². The molecule has 1 saturated heterocycles. The van der Waals surface area contributed by atoms with E-state index < -0.39 is 27.4 Å². The van der Waals surface area contributed by atoms with Crippen LogP contribution < -0.4 is 40.2 Å². The molecule has 0 unspecified atom stereocenters. The summed E-state index contributed by atoms with van der Waals surface area (Å²) < 4.78 is 50.3. The number of amides is 4. The van der Waals surface area contributed by atoms with Crippen molar-refractivity contribution >= 4 is 67.2 Å². The van der Waals surface area contributed by atoms with Gasteiger partial charge in [0, 0.05) is 47.9 Å². The Hall–Kier alpha value is -6.59. The maximum atomic E-state index is 13.4. The first-order chi connectivity index (χ1) is 28.1. The third-order valence-corrected chi connectivity index (χ3v) is 10.0. The fourth-order valence-corrected chi connectivity index (χ4v) is 7.11. The Morgan fingerprint density at radius 3 is 2.29 bits per heavy atom. The van der Waals surface area contributed by atoms with Gasteiger partial charge in [-0.05, 0) is 53.4 Å². The molecule has 0 atom stereocenters. The molecule has 0 bridgehead atoms. The molecule has 1 aliphatic rings. The number of carbonyl (C=O) groups excluding carboxylic acids is 3. The number of fused-ring (bicyclic) bond motifs is 1. The first-order valence-corrected chi connectivity index (χ1v) is 20.5. The van der Waals surface area contributed by atoms with Gasteiger partial charge >= 0.3 is 6.03 Å². The van der Waals surface area contributed by atoms with Crippen LogP contribution in [0.15, 0.2) is 85.1 Å².